The van der Waals surface area contributed by atoms with Gasteiger partial charge in [0.05, 0.1) is 28.6 Å². The summed E-state index contributed by atoms with van der Waals surface area (Å²) in [6.07, 6.45) is 3.23. The van der Waals surface area contributed by atoms with Crippen molar-refractivity contribution in [1.82, 2.24) is 9.72 Å². The van der Waals surface area contributed by atoms with E-state index in [4.69, 9.17) is 16.3 Å². The van der Waals surface area contributed by atoms with E-state index in [-0.39, 0.29) is 28.5 Å². The fourth-order valence-corrected chi connectivity index (χ4v) is 5.47. The summed E-state index contributed by atoms with van der Waals surface area (Å²) in [5.74, 6) is 0.115. The number of hydrogen-bond donors (Lipinski definition) is 1. The highest BCUT2D eigenvalue weighted by molar-refractivity contribution is 7.92. The highest BCUT2D eigenvalue weighted by atomic mass is 35.5. The Balaban J connectivity index is 1.61. The van der Waals surface area contributed by atoms with Gasteiger partial charge in [-0.05, 0) is 53.6 Å². The van der Waals surface area contributed by atoms with Crippen LogP contribution in [0.5, 0.6) is 0 Å². The molecular formula is C25H19ClFN3O5S. The SMILES string of the molecule is COC1=C(n2c(=O)ccc3cc(S(=O)(=O)Nc4ccon4)ccc32)C[C@@H](Cl)C(c2ccc(F)cc2)=C1. The minimum absolute atomic E-state index is 0.0125. The zero-order valence-electron chi connectivity index (χ0n) is 18.8. The number of benzene rings is 2. The molecule has 1 N–H and O–H groups in total. The van der Waals surface area contributed by atoms with Gasteiger partial charge < -0.3 is 9.26 Å². The molecule has 0 spiro atoms. The quantitative estimate of drug-likeness (QED) is 0.360. The average molecular weight is 528 g/mol. The number of sulfonamides is 1. The number of alkyl halides is 1. The van der Waals surface area contributed by atoms with E-state index < -0.39 is 15.4 Å². The second-order valence-corrected chi connectivity index (χ2v) is 10.2. The first kappa shape index (κ1) is 23.8. The molecule has 1 atom stereocenters. The number of fused-ring (bicyclic) bond motifs is 1. The van der Waals surface area contributed by atoms with E-state index in [0.29, 0.717) is 22.4 Å². The van der Waals surface area contributed by atoms with Crippen molar-refractivity contribution in [3.8, 4) is 0 Å². The standard InChI is InChI=1S/C25H19ClFN3O5S/c1-34-23-13-19(15-2-5-17(27)6-3-15)20(26)14-22(23)30-21-8-7-18(12-16(21)4-9-25(30)31)36(32,33)29-24-10-11-35-28-24/h2-13,20H,14H2,1H3,(H,28,29)/t20-/m1/s1. The van der Waals surface area contributed by atoms with E-state index in [1.54, 1.807) is 30.3 Å². The number of methoxy groups -OCH3 is 1. The summed E-state index contributed by atoms with van der Waals surface area (Å²) in [6.45, 7) is 0. The maximum absolute atomic E-state index is 13.4. The number of anilines is 1. The second-order valence-electron chi connectivity index (χ2n) is 8.01. The lowest BCUT2D eigenvalue weighted by atomic mass is 9.94. The molecule has 36 heavy (non-hydrogen) atoms. The van der Waals surface area contributed by atoms with Crippen LogP contribution in [-0.4, -0.2) is 30.6 Å². The number of hydrogen-bond acceptors (Lipinski definition) is 6. The van der Waals surface area contributed by atoms with Crippen LogP contribution in [-0.2, 0) is 14.8 Å². The van der Waals surface area contributed by atoms with E-state index >= 15 is 0 Å². The molecule has 0 amide bonds. The van der Waals surface area contributed by atoms with E-state index in [1.807, 2.05) is 0 Å². The topological polar surface area (TPSA) is 103 Å². The Hall–Kier alpha value is -3.89. The molecule has 2 aromatic carbocycles. The van der Waals surface area contributed by atoms with Crippen molar-refractivity contribution in [2.24, 2.45) is 0 Å². The molecule has 0 bridgehead atoms. The minimum Gasteiger partial charge on any atom is -0.495 e. The molecule has 5 rings (SSSR count). The lowest BCUT2D eigenvalue weighted by Gasteiger charge is -2.25. The number of ether oxygens (including phenoxy) is 1. The highest BCUT2D eigenvalue weighted by Crippen LogP contribution is 2.37. The van der Waals surface area contributed by atoms with Crippen molar-refractivity contribution >= 4 is 49.6 Å². The van der Waals surface area contributed by atoms with Gasteiger partial charge >= 0.3 is 0 Å². The summed E-state index contributed by atoms with van der Waals surface area (Å²) in [7, 11) is -2.46. The van der Waals surface area contributed by atoms with Gasteiger partial charge in [0.15, 0.2) is 5.82 Å². The average Bonchev–Trinajstić information content (AvgIpc) is 3.36. The first-order valence-electron chi connectivity index (χ1n) is 10.7. The van der Waals surface area contributed by atoms with Crippen LogP contribution in [0.25, 0.3) is 22.2 Å². The minimum atomic E-state index is -3.94. The van der Waals surface area contributed by atoms with Crippen LogP contribution in [0.1, 0.15) is 12.0 Å². The third-order valence-electron chi connectivity index (χ3n) is 5.80. The van der Waals surface area contributed by atoms with Gasteiger partial charge in [-0.15, -0.1) is 11.6 Å². The summed E-state index contributed by atoms with van der Waals surface area (Å²) >= 11 is 6.71. The van der Waals surface area contributed by atoms with Crippen molar-refractivity contribution in [1.29, 1.82) is 0 Å². The van der Waals surface area contributed by atoms with Crippen LogP contribution in [0, 0.1) is 5.82 Å². The number of nitrogens with one attached hydrogen (secondary N) is 1. The Morgan fingerprint density at radius 2 is 1.92 bits per heavy atom. The lowest BCUT2D eigenvalue weighted by molar-refractivity contribution is 0.305. The molecule has 1 aliphatic rings. The first-order chi connectivity index (χ1) is 17.3. The van der Waals surface area contributed by atoms with Gasteiger partial charge in [0.25, 0.3) is 15.6 Å². The molecule has 0 aliphatic heterocycles. The van der Waals surface area contributed by atoms with Crippen LogP contribution in [0.4, 0.5) is 10.2 Å². The molecule has 0 saturated heterocycles. The molecule has 1 aliphatic carbocycles. The number of pyridine rings is 1. The summed E-state index contributed by atoms with van der Waals surface area (Å²) in [5, 5.41) is 3.56. The summed E-state index contributed by atoms with van der Waals surface area (Å²) in [5.41, 5.74) is 2.15. The molecule has 184 valence electrons. The molecule has 0 fully saturated rings. The number of halogens is 2. The van der Waals surface area contributed by atoms with Gasteiger partial charge in [0, 0.05) is 23.9 Å². The molecule has 2 heterocycles. The van der Waals surface area contributed by atoms with Crippen LogP contribution in [0.15, 0.2) is 93.0 Å². The van der Waals surface area contributed by atoms with Gasteiger partial charge in [0.1, 0.15) is 17.8 Å². The third kappa shape index (κ3) is 4.40. The molecule has 0 unspecified atom stereocenters. The van der Waals surface area contributed by atoms with Gasteiger partial charge in [-0.25, -0.2) is 12.8 Å². The molecule has 8 nitrogen and oxygen atoms in total. The van der Waals surface area contributed by atoms with Crippen LogP contribution >= 0.6 is 11.6 Å². The first-order valence-corrected chi connectivity index (χ1v) is 12.7. The smallest absolute Gasteiger partial charge is 0.263 e. The Kier molecular flexibility index (Phi) is 6.15. The number of allylic oxidation sites excluding steroid dienone is 3. The lowest BCUT2D eigenvalue weighted by Crippen LogP contribution is -2.24. The second kappa shape index (κ2) is 9.29. The molecule has 2 aromatic heterocycles. The largest absolute Gasteiger partial charge is 0.495 e. The predicted molar refractivity (Wildman–Crippen MR) is 134 cm³/mol. The Morgan fingerprint density at radius 1 is 1.14 bits per heavy atom. The van der Waals surface area contributed by atoms with Crippen molar-refractivity contribution < 1.29 is 22.1 Å². The summed E-state index contributed by atoms with van der Waals surface area (Å²) in [4.78, 5) is 13.0. The van der Waals surface area contributed by atoms with Gasteiger partial charge in [-0.1, -0.05) is 17.3 Å². The highest BCUT2D eigenvalue weighted by Gasteiger charge is 2.26. The van der Waals surface area contributed by atoms with E-state index in [1.165, 1.54) is 54.3 Å². The fourth-order valence-electron chi connectivity index (χ4n) is 4.11. The zero-order chi connectivity index (χ0) is 25.4. The zero-order valence-corrected chi connectivity index (χ0v) is 20.4. The maximum Gasteiger partial charge on any atom is 0.263 e. The molecule has 0 saturated carbocycles. The molecule has 4 aromatic rings. The van der Waals surface area contributed by atoms with Crippen molar-refractivity contribution in [3.63, 3.8) is 0 Å². The number of aromatic nitrogens is 2. The molecule has 0 radical (unpaired) electrons. The van der Waals surface area contributed by atoms with Crippen molar-refractivity contribution in [3.05, 3.63) is 100 Å². The Labute approximate surface area is 210 Å². The Morgan fingerprint density at radius 3 is 2.61 bits per heavy atom. The van der Waals surface area contributed by atoms with Gasteiger partial charge in [-0.2, -0.15) is 0 Å². The van der Waals surface area contributed by atoms with Gasteiger partial charge in [-0.3, -0.25) is 14.1 Å². The fraction of sp³-hybridized carbons (Fsp3) is 0.120. The van der Waals surface area contributed by atoms with Crippen LogP contribution in [0.3, 0.4) is 0 Å². The predicted octanol–water partition coefficient (Wildman–Crippen LogP) is 4.84. The van der Waals surface area contributed by atoms with Gasteiger partial charge in [0.2, 0.25) is 0 Å². The maximum atomic E-state index is 13.4. The van der Waals surface area contributed by atoms with Crippen LogP contribution < -0.4 is 10.3 Å². The normalized spacial score (nSPS) is 16.2. The number of nitrogens with zero attached hydrogens (tertiary/aromatic N) is 2. The van der Waals surface area contributed by atoms with Crippen LogP contribution in [0.2, 0.25) is 0 Å². The molecule has 11 heteroatoms. The summed E-state index contributed by atoms with van der Waals surface area (Å²) in [6, 6.07) is 14.7. The third-order valence-corrected chi connectivity index (χ3v) is 7.54. The Bertz CT molecular complexity index is 1680. The van der Waals surface area contributed by atoms with Crippen molar-refractivity contribution in [2.75, 3.05) is 11.8 Å². The van der Waals surface area contributed by atoms with Crippen molar-refractivity contribution in [2.45, 2.75) is 16.7 Å². The van der Waals surface area contributed by atoms with E-state index in [2.05, 4.69) is 14.4 Å². The van der Waals surface area contributed by atoms with E-state index in [9.17, 15) is 17.6 Å². The number of rotatable bonds is 6. The molecular weight excluding hydrogens is 509 g/mol. The van der Waals surface area contributed by atoms with E-state index in [0.717, 1.165) is 11.1 Å². The summed E-state index contributed by atoms with van der Waals surface area (Å²) < 4.78 is 53.1. The monoisotopic (exact) mass is 527 g/mol.